The van der Waals surface area contributed by atoms with Crippen LogP contribution in [-0.4, -0.2) is 17.4 Å². The van der Waals surface area contributed by atoms with Gasteiger partial charge in [0.15, 0.2) is 6.61 Å². The zero-order valence-corrected chi connectivity index (χ0v) is 14.0. The third-order valence-electron chi connectivity index (χ3n) is 3.39. The van der Waals surface area contributed by atoms with Crippen molar-refractivity contribution in [3.05, 3.63) is 62.7 Å². The minimum atomic E-state index is -4.70. The van der Waals surface area contributed by atoms with Gasteiger partial charge in [0, 0.05) is 6.07 Å². The number of carbonyl (C=O) groups excluding carboxylic acids is 1. The summed E-state index contributed by atoms with van der Waals surface area (Å²) in [6, 6.07) is 7.15. The topological polar surface area (TPSA) is 81.5 Å². The molecule has 1 N–H and O–H groups in total. The van der Waals surface area contributed by atoms with Gasteiger partial charge in [-0.05, 0) is 25.1 Å². The highest BCUT2D eigenvalue weighted by molar-refractivity contribution is 6.34. The highest BCUT2D eigenvalue weighted by Gasteiger charge is 2.34. The molecule has 0 aliphatic heterocycles. The van der Waals surface area contributed by atoms with Gasteiger partial charge in [0.05, 0.1) is 26.8 Å². The van der Waals surface area contributed by atoms with Gasteiger partial charge in [-0.1, -0.05) is 23.7 Å². The van der Waals surface area contributed by atoms with Crippen LogP contribution in [0.1, 0.15) is 11.1 Å². The van der Waals surface area contributed by atoms with Crippen molar-refractivity contribution in [2.75, 3.05) is 11.9 Å². The molecular weight excluding hydrogens is 377 g/mol. The Hall–Kier alpha value is -2.81. The monoisotopic (exact) mass is 388 g/mol. The predicted octanol–water partition coefficient (Wildman–Crippen LogP) is 4.59. The van der Waals surface area contributed by atoms with Crippen molar-refractivity contribution in [3.8, 4) is 5.75 Å². The maximum atomic E-state index is 13.0. The molecule has 0 radical (unpaired) electrons. The molecule has 2 rings (SSSR count). The van der Waals surface area contributed by atoms with Crippen LogP contribution in [0, 0.1) is 17.0 Å². The quantitative estimate of drug-likeness (QED) is 0.600. The highest BCUT2D eigenvalue weighted by atomic mass is 35.5. The molecule has 0 fully saturated rings. The Morgan fingerprint density at radius 2 is 1.92 bits per heavy atom. The van der Waals surface area contributed by atoms with Crippen LogP contribution >= 0.6 is 11.6 Å². The molecule has 0 saturated carbocycles. The number of ether oxygens (including phenoxy) is 1. The number of carbonyl (C=O) groups is 1. The van der Waals surface area contributed by atoms with Gasteiger partial charge < -0.3 is 10.1 Å². The number of hydrogen-bond donors (Lipinski definition) is 1. The first kappa shape index (κ1) is 19.5. The van der Waals surface area contributed by atoms with E-state index in [1.807, 2.05) is 0 Å². The molecule has 10 heteroatoms. The molecule has 1 amide bonds. The maximum Gasteiger partial charge on any atom is 0.418 e. The van der Waals surface area contributed by atoms with Crippen molar-refractivity contribution in [1.29, 1.82) is 0 Å². The van der Waals surface area contributed by atoms with Gasteiger partial charge in [0.1, 0.15) is 5.75 Å². The van der Waals surface area contributed by atoms with Crippen LogP contribution < -0.4 is 10.1 Å². The molecular formula is C16H12ClF3N2O4. The number of nitrogens with one attached hydrogen (secondary N) is 1. The lowest BCUT2D eigenvalue weighted by molar-refractivity contribution is -0.385. The van der Waals surface area contributed by atoms with Gasteiger partial charge >= 0.3 is 6.18 Å². The summed E-state index contributed by atoms with van der Waals surface area (Å²) in [5.41, 5.74) is -1.68. The number of alkyl halides is 3. The van der Waals surface area contributed by atoms with Crippen LogP contribution in [0.5, 0.6) is 5.75 Å². The zero-order chi connectivity index (χ0) is 19.5. The van der Waals surface area contributed by atoms with E-state index in [4.69, 9.17) is 16.3 Å². The minimum Gasteiger partial charge on any atom is -0.483 e. The van der Waals surface area contributed by atoms with E-state index in [0.29, 0.717) is 0 Å². The molecule has 6 nitrogen and oxygen atoms in total. The summed E-state index contributed by atoms with van der Waals surface area (Å²) in [5, 5.41) is 12.7. The second-order valence-corrected chi connectivity index (χ2v) is 5.56. The standard InChI is InChI=1S/C16H12ClF3N2O4/c1-9-12(22(24)25)6-3-7-13(9)26-8-14(23)21-15-10(16(18,19)20)4-2-5-11(15)17/h2-7H,8H2,1H3,(H,21,23). The van der Waals surface area contributed by atoms with Crippen LogP contribution in [0.4, 0.5) is 24.5 Å². The molecule has 0 saturated heterocycles. The SMILES string of the molecule is Cc1c(OCC(=O)Nc2c(Cl)cccc2C(F)(F)F)cccc1[N+](=O)[O-]. The maximum absolute atomic E-state index is 13.0. The van der Waals surface area contributed by atoms with Crippen molar-refractivity contribution in [3.63, 3.8) is 0 Å². The molecule has 2 aromatic rings. The minimum absolute atomic E-state index is 0.0737. The summed E-state index contributed by atoms with van der Waals surface area (Å²) >= 11 is 5.75. The number of amides is 1. The van der Waals surface area contributed by atoms with Crippen molar-refractivity contribution < 1.29 is 27.6 Å². The third-order valence-corrected chi connectivity index (χ3v) is 3.71. The highest BCUT2D eigenvalue weighted by Crippen LogP contribution is 2.38. The summed E-state index contributed by atoms with van der Waals surface area (Å²) < 4.78 is 44.2. The molecule has 0 spiro atoms. The molecule has 0 unspecified atom stereocenters. The number of halogens is 4. The summed E-state index contributed by atoms with van der Waals surface area (Å²) in [6.45, 7) is 0.783. The first-order valence-corrected chi connectivity index (χ1v) is 7.51. The van der Waals surface area contributed by atoms with E-state index in [1.54, 1.807) is 0 Å². The fourth-order valence-electron chi connectivity index (χ4n) is 2.16. The molecule has 0 bridgehead atoms. The van der Waals surface area contributed by atoms with Gasteiger partial charge in [-0.15, -0.1) is 0 Å². The molecule has 2 aromatic carbocycles. The van der Waals surface area contributed by atoms with Gasteiger partial charge in [0.25, 0.3) is 11.6 Å². The van der Waals surface area contributed by atoms with Gasteiger partial charge in [-0.3, -0.25) is 14.9 Å². The Balaban J connectivity index is 2.14. The van der Waals surface area contributed by atoms with Gasteiger partial charge in [0.2, 0.25) is 0 Å². The average molecular weight is 389 g/mol. The third kappa shape index (κ3) is 4.42. The van der Waals surface area contributed by atoms with Gasteiger partial charge in [-0.2, -0.15) is 13.2 Å². The van der Waals surface area contributed by atoms with E-state index in [-0.39, 0.29) is 22.0 Å². The largest absolute Gasteiger partial charge is 0.483 e. The van der Waals surface area contributed by atoms with Crippen LogP contribution in [0.25, 0.3) is 0 Å². The molecule has 0 heterocycles. The summed E-state index contributed by atoms with van der Waals surface area (Å²) in [4.78, 5) is 22.2. The lowest BCUT2D eigenvalue weighted by atomic mass is 10.1. The van der Waals surface area contributed by atoms with E-state index >= 15 is 0 Å². The van der Waals surface area contributed by atoms with Crippen molar-refractivity contribution >= 4 is 28.9 Å². The molecule has 26 heavy (non-hydrogen) atoms. The lowest BCUT2D eigenvalue weighted by Gasteiger charge is -2.15. The fraction of sp³-hybridized carbons (Fsp3) is 0.188. The zero-order valence-electron chi connectivity index (χ0n) is 13.3. The Kier molecular flexibility index (Phi) is 5.71. The molecule has 0 atom stereocenters. The number of para-hydroxylation sites is 1. The summed E-state index contributed by atoms with van der Waals surface area (Å²) in [7, 11) is 0. The first-order valence-electron chi connectivity index (χ1n) is 7.13. The molecule has 138 valence electrons. The summed E-state index contributed by atoms with van der Waals surface area (Å²) in [6.07, 6.45) is -4.70. The van der Waals surface area contributed by atoms with Crippen molar-refractivity contribution in [2.24, 2.45) is 0 Å². The van der Waals surface area contributed by atoms with E-state index < -0.39 is 34.9 Å². The van der Waals surface area contributed by atoms with Crippen LogP contribution in [-0.2, 0) is 11.0 Å². The number of hydrogen-bond acceptors (Lipinski definition) is 4. The Labute approximate surface area is 150 Å². The number of benzene rings is 2. The number of nitro groups is 1. The van der Waals surface area contributed by atoms with E-state index in [9.17, 15) is 28.1 Å². The number of nitro benzene ring substituents is 1. The van der Waals surface area contributed by atoms with Gasteiger partial charge in [-0.25, -0.2) is 0 Å². The second-order valence-electron chi connectivity index (χ2n) is 5.15. The Morgan fingerprint density at radius 3 is 2.54 bits per heavy atom. The summed E-state index contributed by atoms with van der Waals surface area (Å²) in [5.74, 6) is -0.820. The van der Waals surface area contributed by atoms with E-state index in [2.05, 4.69) is 5.32 Å². The molecule has 0 aliphatic rings. The van der Waals surface area contributed by atoms with Crippen molar-refractivity contribution in [1.82, 2.24) is 0 Å². The van der Waals surface area contributed by atoms with E-state index in [1.165, 1.54) is 31.2 Å². The second kappa shape index (κ2) is 7.61. The predicted molar refractivity (Wildman–Crippen MR) is 88.4 cm³/mol. The van der Waals surface area contributed by atoms with Crippen LogP contribution in [0.3, 0.4) is 0 Å². The van der Waals surface area contributed by atoms with Crippen LogP contribution in [0.15, 0.2) is 36.4 Å². The number of nitrogens with zero attached hydrogens (tertiary/aromatic N) is 1. The average Bonchev–Trinajstić information content (AvgIpc) is 2.54. The first-order chi connectivity index (χ1) is 12.1. The Morgan fingerprint density at radius 1 is 1.27 bits per heavy atom. The Bertz CT molecular complexity index is 856. The lowest BCUT2D eigenvalue weighted by Crippen LogP contribution is -2.23. The normalized spacial score (nSPS) is 11.1. The van der Waals surface area contributed by atoms with Crippen LogP contribution in [0.2, 0.25) is 5.02 Å². The van der Waals surface area contributed by atoms with E-state index in [0.717, 1.165) is 12.1 Å². The molecule has 0 aromatic heterocycles. The fourth-order valence-corrected chi connectivity index (χ4v) is 2.39. The number of anilines is 1. The smallest absolute Gasteiger partial charge is 0.418 e. The molecule has 0 aliphatic carbocycles. The number of rotatable bonds is 5. The van der Waals surface area contributed by atoms with Crippen molar-refractivity contribution in [2.45, 2.75) is 13.1 Å².